The standard InChI is InChI=1S/C12H20ClN3O2S/c1-4-5-6-7-16(10(2)3)19(17,18)11-8-14-12(13)15-9-11/h8-10H,4-7H2,1-3H3. The fraction of sp³-hybridized carbons (Fsp3) is 0.667. The Morgan fingerprint density at radius 3 is 2.32 bits per heavy atom. The monoisotopic (exact) mass is 305 g/mol. The maximum absolute atomic E-state index is 12.5. The summed E-state index contributed by atoms with van der Waals surface area (Å²) < 4.78 is 26.4. The second-order valence-corrected chi connectivity index (χ2v) is 6.83. The predicted molar refractivity (Wildman–Crippen MR) is 75.6 cm³/mol. The van der Waals surface area contributed by atoms with Crippen LogP contribution in [0.15, 0.2) is 17.3 Å². The summed E-state index contributed by atoms with van der Waals surface area (Å²) in [5.41, 5.74) is 0. The fourth-order valence-corrected chi connectivity index (χ4v) is 3.41. The summed E-state index contributed by atoms with van der Waals surface area (Å²) in [4.78, 5) is 7.55. The molecule has 1 heterocycles. The third-order valence-corrected chi connectivity index (χ3v) is 4.98. The van der Waals surface area contributed by atoms with Gasteiger partial charge in [0.15, 0.2) is 0 Å². The fourth-order valence-electron chi connectivity index (χ4n) is 1.74. The topological polar surface area (TPSA) is 63.2 Å². The average Bonchev–Trinajstić information content (AvgIpc) is 2.34. The molecule has 7 heteroatoms. The molecule has 0 N–H and O–H groups in total. The average molecular weight is 306 g/mol. The minimum atomic E-state index is -3.55. The smallest absolute Gasteiger partial charge is 0.225 e. The first kappa shape index (κ1) is 16.3. The number of nitrogens with zero attached hydrogens (tertiary/aromatic N) is 3. The van der Waals surface area contributed by atoms with Crippen LogP contribution in [0.2, 0.25) is 5.28 Å². The van der Waals surface area contributed by atoms with Gasteiger partial charge >= 0.3 is 0 Å². The first-order valence-corrected chi connectivity index (χ1v) is 8.20. The molecule has 108 valence electrons. The molecule has 0 fully saturated rings. The van der Waals surface area contributed by atoms with Crippen molar-refractivity contribution in [3.8, 4) is 0 Å². The molecular weight excluding hydrogens is 286 g/mol. The van der Waals surface area contributed by atoms with E-state index in [1.54, 1.807) is 0 Å². The number of sulfonamides is 1. The minimum Gasteiger partial charge on any atom is -0.225 e. The maximum atomic E-state index is 12.5. The van der Waals surface area contributed by atoms with Gasteiger partial charge in [-0.1, -0.05) is 19.8 Å². The van der Waals surface area contributed by atoms with Crippen molar-refractivity contribution in [2.45, 2.75) is 51.0 Å². The number of hydrogen-bond donors (Lipinski definition) is 0. The molecule has 0 bridgehead atoms. The van der Waals surface area contributed by atoms with Crippen molar-refractivity contribution in [2.75, 3.05) is 6.54 Å². The molecule has 0 aliphatic heterocycles. The van der Waals surface area contributed by atoms with Gasteiger partial charge in [0.2, 0.25) is 15.3 Å². The van der Waals surface area contributed by atoms with Crippen LogP contribution in [0.3, 0.4) is 0 Å². The first-order chi connectivity index (χ1) is 8.89. The maximum Gasteiger partial charge on any atom is 0.246 e. The SMILES string of the molecule is CCCCCN(C(C)C)S(=O)(=O)c1cnc(Cl)nc1. The summed E-state index contributed by atoms with van der Waals surface area (Å²) in [5, 5.41) is 0.0426. The highest BCUT2D eigenvalue weighted by atomic mass is 35.5. The van der Waals surface area contributed by atoms with E-state index in [9.17, 15) is 8.42 Å². The quantitative estimate of drug-likeness (QED) is 0.574. The van der Waals surface area contributed by atoms with Gasteiger partial charge in [0.25, 0.3) is 0 Å². The number of aromatic nitrogens is 2. The van der Waals surface area contributed by atoms with Gasteiger partial charge in [-0.3, -0.25) is 0 Å². The number of rotatable bonds is 7. The lowest BCUT2D eigenvalue weighted by atomic mass is 10.2. The molecule has 0 saturated carbocycles. The van der Waals surface area contributed by atoms with Crippen LogP contribution in [0.4, 0.5) is 0 Å². The Bertz CT molecular complexity index is 488. The Balaban J connectivity index is 2.96. The third kappa shape index (κ3) is 4.40. The molecule has 0 aliphatic carbocycles. The molecule has 19 heavy (non-hydrogen) atoms. The highest BCUT2D eigenvalue weighted by Crippen LogP contribution is 2.18. The molecular formula is C12H20ClN3O2S. The summed E-state index contributed by atoms with van der Waals surface area (Å²) in [5.74, 6) is 0. The van der Waals surface area contributed by atoms with E-state index in [-0.39, 0.29) is 16.2 Å². The van der Waals surface area contributed by atoms with Crippen molar-refractivity contribution < 1.29 is 8.42 Å². The zero-order valence-electron chi connectivity index (χ0n) is 11.5. The molecule has 0 saturated heterocycles. The molecule has 1 rings (SSSR count). The van der Waals surface area contributed by atoms with Gasteiger partial charge in [-0.05, 0) is 31.9 Å². The van der Waals surface area contributed by atoms with Crippen molar-refractivity contribution >= 4 is 21.6 Å². The summed E-state index contributed by atoms with van der Waals surface area (Å²) in [6, 6.07) is -0.0995. The molecule has 0 aromatic carbocycles. The van der Waals surface area contributed by atoms with Crippen LogP contribution in [0.25, 0.3) is 0 Å². The van der Waals surface area contributed by atoms with Gasteiger partial charge < -0.3 is 0 Å². The van der Waals surface area contributed by atoms with Gasteiger partial charge in [-0.2, -0.15) is 4.31 Å². The van der Waals surface area contributed by atoms with Gasteiger partial charge in [0.05, 0.1) is 12.4 Å². The van der Waals surface area contributed by atoms with E-state index >= 15 is 0 Å². The van der Waals surface area contributed by atoms with Crippen molar-refractivity contribution in [3.63, 3.8) is 0 Å². The lowest BCUT2D eigenvalue weighted by molar-refractivity contribution is 0.345. The third-order valence-electron chi connectivity index (χ3n) is 2.76. The van der Waals surface area contributed by atoms with Crippen LogP contribution in [-0.2, 0) is 10.0 Å². The minimum absolute atomic E-state index is 0.0426. The van der Waals surface area contributed by atoms with E-state index in [1.807, 2.05) is 13.8 Å². The zero-order valence-corrected chi connectivity index (χ0v) is 13.1. The van der Waals surface area contributed by atoms with Crippen LogP contribution in [0, 0.1) is 0 Å². The molecule has 1 aromatic rings. The van der Waals surface area contributed by atoms with Gasteiger partial charge in [-0.15, -0.1) is 0 Å². The Hall–Kier alpha value is -0.720. The number of unbranched alkanes of at least 4 members (excludes halogenated alkanes) is 2. The van der Waals surface area contributed by atoms with E-state index in [1.165, 1.54) is 16.7 Å². The number of halogens is 1. The van der Waals surface area contributed by atoms with E-state index in [0.717, 1.165) is 19.3 Å². The van der Waals surface area contributed by atoms with Crippen molar-refractivity contribution in [3.05, 3.63) is 17.7 Å². The normalized spacial score (nSPS) is 12.3. The zero-order chi connectivity index (χ0) is 14.5. The summed E-state index contributed by atoms with van der Waals surface area (Å²) in [6.45, 7) is 6.32. The number of hydrogen-bond acceptors (Lipinski definition) is 4. The summed E-state index contributed by atoms with van der Waals surface area (Å²) >= 11 is 5.58. The molecule has 0 amide bonds. The van der Waals surface area contributed by atoms with Gasteiger partial charge in [0, 0.05) is 12.6 Å². The molecule has 1 aromatic heterocycles. The van der Waals surface area contributed by atoms with Crippen LogP contribution in [0.5, 0.6) is 0 Å². The van der Waals surface area contributed by atoms with Gasteiger partial charge in [-0.25, -0.2) is 18.4 Å². The lowest BCUT2D eigenvalue weighted by Gasteiger charge is -2.25. The van der Waals surface area contributed by atoms with Crippen molar-refractivity contribution in [1.82, 2.24) is 14.3 Å². The van der Waals surface area contributed by atoms with E-state index in [4.69, 9.17) is 11.6 Å². The molecule has 5 nitrogen and oxygen atoms in total. The van der Waals surface area contributed by atoms with Crippen molar-refractivity contribution in [2.24, 2.45) is 0 Å². The Kier molecular flexibility index (Phi) is 6.16. The van der Waals surface area contributed by atoms with Crippen LogP contribution in [-0.4, -0.2) is 35.3 Å². The lowest BCUT2D eigenvalue weighted by Crippen LogP contribution is -2.37. The Morgan fingerprint density at radius 1 is 1.26 bits per heavy atom. The van der Waals surface area contributed by atoms with Crippen LogP contribution >= 0.6 is 11.6 Å². The summed E-state index contributed by atoms with van der Waals surface area (Å²) in [6.07, 6.45) is 5.41. The molecule has 0 spiro atoms. The van der Waals surface area contributed by atoms with Crippen LogP contribution < -0.4 is 0 Å². The highest BCUT2D eigenvalue weighted by Gasteiger charge is 2.27. The van der Waals surface area contributed by atoms with E-state index < -0.39 is 10.0 Å². The van der Waals surface area contributed by atoms with Gasteiger partial charge in [0.1, 0.15) is 4.90 Å². The largest absolute Gasteiger partial charge is 0.246 e. The van der Waals surface area contributed by atoms with Crippen molar-refractivity contribution in [1.29, 1.82) is 0 Å². The van der Waals surface area contributed by atoms with E-state index in [0.29, 0.717) is 6.54 Å². The van der Waals surface area contributed by atoms with E-state index in [2.05, 4.69) is 16.9 Å². The second kappa shape index (κ2) is 7.17. The second-order valence-electron chi connectivity index (χ2n) is 4.60. The van der Waals surface area contributed by atoms with Crippen LogP contribution in [0.1, 0.15) is 40.0 Å². The molecule has 0 unspecified atom stereocenters. The molecule has 0 atom stereocenters. The highest BCUT2D eigenvalue weighted by molar-refractivity contribution is 7.89. The Morgan fingerprint density at radius 2 is 1.84 bits per heavy atom. The predicted octanol–water partition coefficient (Wildman–Crippen LogP) is 2.72. The first-order valence-electron chi connectivity index (χ1n) is 6.39. The summed E-state index contributed by atoms with van der Waals surface area (Å²) in [7, 11) is -3.55. The molecule has 0 radical (unpaired) electrons. The Labute approximate surface area is 120 Å². The molecule has 0 aliphatic rings.